The van der Waals surface area contributed by atoms with Gasteiger partial charge in [-0.05, 0) is 25.7 Å². The Bertz CT molecular complexity index is 279. The topological polar surface area (TPSA) is 55.4 Å². The molecule has 0 unspecified atom stereocenters. The molecule has 0 radical (unpaired) electrons. The number of amides is 1. The summed E-state index contributed by atoms with van der Waals surface area (Å²) in [6, 6.07) is 0. The van der Waals surface area contributed by atoms with E-state index in [4.69, 9.17) is 4.74 Å². The van der Waals surface area contributed by atoms with Gasteiger partial charge in [-0.1, -0.05) is 45.4 Å². The predicted octanol–water partition coefficient (Wildman–Crippen LogP) is 3.98. The lowest BCUT2D eigenvalue weighted by Gasteiger charge is -2.16. The molecular weight excluding hydrogens is 266 g/mol. The molecule has 0 aromatic carbocycles. The molecular formula is C17H33NO3. The molecule has 0 saturated carbocycles. The standard InChI is InChI=1S/C17H33NO3/c1-4-5-6-7-8-9-10-12-16(21-15(2)19)13-11-14-17(20)18-3/h16H,4-14H2,1-3H3,(H,18,20)/t16-/m0/s1. The number of nitrogens with one attached hydrogen (secondary N) is 1. The van der Waals surface area contributed by atoms with Crippen molar-refractivity contribution in [1.29, 1.82) is 0 Å². The molecule has 0 aromatic rings. The zero-order valence-electron chi connectivity index (χ0n) is 14.1. The number of ether oxygens (including phenoxy) is 1. The van der Waals surface area contributed by atoms with Crippen molar-refractivity contribution < 1.29 is 14.3 Å². The van der Waals surface area contributed by atoms with E-state index in [1.54, 1.807) is 7.05 Å². The Kier molecular flexibility index (Phi) is 13.2. The van der Waals surface area contributed by atoms with Crippen LogP contribution >= 0.6 is 0 Å². The molecule has 124 valence electrons. The van der Waals surface area contributed by atoms with E-state index < -0.39 is 0 Å². The molecule has 4 heteroatoms. The summed E-state index contributed by atoms with van der Waals surface area (Å²) in [4.78, 5) is 22.3. The zero-order chi connectivity index (χ0) is 15.9. The highest BCUT2D eigenvalue weighted by molar-refractivity contribution is 5.75. The maximum Gasteiger partial charge on any atom is 0.302 e. The number of rotatable bonds is 13. The van der Waals surface area contributed by atoms with E-state index in [2.05, 4.69) is 12.2 Å². The van der Waals surface area contributed by atoms with Crippen LogP contribution in [0, 0.1) is 0 Å². The first kappa shape index (κ1) is 19.9. The van der Waals surface area contributed by atoms with Crippen molar-refractivity contribution in [1.82, 2.24) is 5.32 Å². The SMILES string of the molecule is CCCCCCCCC[C@@H](CCCC(=O)NC)OC(C)=O. The van der Waals surface area contributed by atoms with Crippen LogP contribution in [0.5, 0.6) is 0 Å². The Morgan fingerprint density at radius 1 is 0.952 bits per heavy atom. The van der Waals surface area contributed by atoms with Crippen molar-refractivity contribution in [2.24, 2.45) is 0 Å². The number of carbonyl (C=O) groups excluding carboxylic acids is 2. The summed E-state index contributed by atoms with van der Waals surface area (Å²) in [6.45, 7) is 3.68. The van der Waals surface area contributed by atoms with Gasteiger partial charge in [0, 0.05) is 20.4 Å². The third kappa shape index (κ3) is 13.7. The Balaban J connectivity index is 3.75. The van der Waals surface area contributed by atoms with Gasteiger partial charge in [-0.3, -0.25) is 9.59 Å². The van der Waals surface area contributed by atoms with E-state index in [9.17, 15) is 9.59 Å². The molecule has 1 atom stereocenters. The van der Waals surface area contributed by atoms with Gasteiger partial charge in [-0.2, -0.15) is 0 Å². The van der Waals surface area contributed by atoms with Crippen LogP contribution in [0.3, 0.4) is 0 Å². The van der Waals surface area contributed by atoms with E-state index in [0.29, 0.717) is 6.42 Å². The largest absolute Gasteiger partial charge is 0.463 e. The van der Waals surface area contributed by atoms with Crippen LogP contribution in [0.15, 0.2) is 0 Å². The van der Waals surface area contributed by atoms with Gasteiger partial charge in [0.1, 0.15) is 6.10 Å². The van der Waals surface area contributed by atoms with Gasteiger partial charge in [-0.25, -0.2) is 0 Å². The fourth-order valence-corrected chi connectivity index (χ4v) is 2.44. The van der Waals surface area contributed by atoms with Crippen LogP contribution in [0.1, 0.15) is 84.5 Å². The monoisotopic (exact) mass is 299 g/mol. The van der Waals surface area contributed by atoms with Crippen LogP contribution in [0.2, 0.25) is 0 Å². The first-order valence-corrected chi connectivity index (χ1v) is 8.48. The highest BCUT2D eigenvalue weighted by atomic mass is 16.5. The smallest absolute Gasteiger partial charge is 0.302 e. The molecule has 0 rings (SSSR count). The van der Waals surface area contributed by atoms with Crippen molar-refractivity contribution in [2.75, 3.05) is 7.05 Å². The van der Waals surface area contributed by atoms with Crippen LogP contribution < -0.4 is 5.32 Å². The van der Waals surface area contributed by atoms with Crippen molar-refractivity contribution in [3.8, 4) is 0 Å². The van der Waals surface area contributed by atoms with Crippen molar-refractivity contribution in [2.45, 2.75) is 90.6 Å². The summed E-state index contributed by atoms with van der Waals surface area (Å²) < 4.78 is 5.34. The second kappa shape index (κ2) is 13.9. The van der Waals surface area contributed by atoms with Gasteiger partial charge < -0.3 is 10.1 Å². The Morgan fingerprint density at radius 3 is 2.10 bits per heavy atom. The van der Waals surface area contributed by atoms with E-state index >= 15 is 0 Å². The third-order valence-corrected chi connectivity index (χ3v) is 3.67. The molecule has 0 aromatic heterocycles. The van der Waals surface area contributed by atoms with E-state index in [0.717, 1.165) is 25.7 Å². The van der Waals surface area contributed by atoms with Gasteiger partial charge in [0.05, 0.1) is 0 Å². The molecule has 21 heavy (non-hydrogen) atoms. The normalized spacial score (nSPS) is 12.0. The van der Waals surface area contributed by atoms with E-state index in [-0.39, 0.29) is 18.0 Å². The molecule has 0 fully saturated rings. The van der Waals surface area contributed by atoms with Crippen LogP contribution in [0.25, 0.3) is 0 Å². The number of hydrogen-bond donors (Lipinski definition) is 1. The quantitative estimate of drug-likeness (QED) is 0.413. The minimum Gasteiger partial charge on any atom is -0.463 e. The number of hydrogen-bond acceptors (Lipinski definition) is 3. The number of carbonyl (C=O) groups is 2. The predicted molar refractivity (Wildman–Crippen MR) is 86.1 cm³/mol. The minimum absolute atomic E-state index is 0.0252. The Labute approximate surface area is 130 Å². The van der Waals surface area contributed by atoms with Gasteiger partial charge >= 0.3 is 5.97 Å². The summed E-state index contributed by atoms with van der Waals surface area (Å²) in [5.41, 5.74) is 0. The van der Waals surface area contributed by atoms with Gasteiger partial charge in [0.25, 0.3) is 0 Å². The lowest BCUT2D eigenvalue weighted by Crippen LogP contribution is -2.20. The molecule has 0 aliphatic heterocycles. The summed E-state index contributed by atoms with van der Waals surface area (Å²) >= 11 is 0. The maximum atomic E-state index is 11.2. The second-order valence-electron chi connectivity index (χ2n) is 5.71. The molecule has 0 aliphatic carbocycles. The number of unbranched alkanes of at least 4 members (excludes halogenated alkanes) is 6. The first-order valence-electron chi connectivity index (χ1n) is 8.48. The second-order valence-corrected chi connectivity index (χ2v) is 5.71. The highest BCUT2D eigenvalue weighted by Gasteiger charge is 2.12. The van der Waals surface area contributed by atoms with Gasteiger partial charge in [0.2, 0.25) is 5.91 Å². The van der Waals surface area contributed by atoms with Gasteiger partial charge in [0.15, 0.2) is 0 Å². The molecule has 1 N–H and O–H groups in total. The summed E-state index contributed by atoms with van der Waals surface area (Å²) in [6.07, 6.45) is 11.8. The lowest BCUT2D eigenvalue weighted by atomic mass is 10.0. The van der Waals surface area contributed by atoms with E-state index in [1.807, 2.05) is 0 Å². The Morgan fingerprint density at radius 2 is 1.52 bits per heavy atom. The molecule has 4 nitrogen and oxygen atoms in total. The molecule has 1 amide bonds. The molecule has 0 aliphatic rings. The van der Waals surface area contributed by atoms with Crippen LogP contribution in [-0.2, 0) is 14.3 Å². The Hall–Kier alpha value is -1.06. The van der Waals surface area contributed by atoms with Crippen molar-refractivity contribution in [3.05, 3.63) is 0 Å². The molecule has 0 saturated heterocycles. The molecule has 0 heterocycles. The van der Waals surface area contributed by atoms with Crippen LogP contribution in [0.4, 0.5) is 0 Å². The highest BCUT2D eigenvalue weighted by Crippen LogP contribution is 2.15. The average Bonchev–Trinajstić information content (AvgIpc) is 2.45. The minimum atomic E-state index is -0.220. The fraction of sp³-hybridized carbons (Fsp3) is 0.882. The van der Waals surface area contributed by atoms with Crippen molar-refractivity contribution in [3.63, 3.8) is 0 Å². The van der Waals surface area contributed by atoms with Crippen LogP contribution in [-0.4, -0.2) is 25.0 Å². The third-order valence-electron chi connectivity index (χ3n) is 3.67. The lowest BCUT2D eigenvalue weighted by molar-refractivity contribution is -0.147. The fourth-order valence-electron chi connectivity index (χ4n) is 2.44. The van der Waals surface area contributed by atoms with Crippen molar-refractivity contribution >= 4 is 11.9 Å². The van der Waals surface area contributed by atoms with E-state index in [1.165, 1.54) is 45.4 Å². The zero-order valence-corrected chi connectivity index (χ0v) is 14.1. The average molecular weight is 299 g/mol. The summed E-state index contributed by atoms with van der Waals surface area (Å²) in [7, 11) is 1.64. The summed E-state index contributed by atoms with van der Waals surface area (Å²) in [5.74, 6) is -0.171. The molecule has 0 bridgehead atoms. The van der Waals surface area contributed by atoms with Gasteiger partial charge in [-0.15, -0.1) is 0 Å². The first-order chi connectivity index (χ1) is 10.1. The summed E-state index contributed by atoms with van der Waals surface area (Å²) in [5, 5.41) is 2.61. The molecule has 0 spiro atoms. The maximum absolute atomic E-state index is 11.2. The number of esters is 1.